The van der Waals surface area contributed by atoms with Crippen LogP contribution in [-0.2, 0) is 0 Å². The molecule has 0 aliphatic heterocycles. The van der Waals surface area contributed by atoms with Crippen LogP contribution in [0.25, 0.3) is 0 Å². The lowest BCUT2D eigenvalue weighted by Gasteiger charge is -2.12. The largest absolute Gasteiger partial charge is 0.399 e. The molecule has 0 radical (unpaired) electrons. The van der Waals surface area contributed by atoms with Crippen molar-refractivity contribution in [3.8, 4) is 0 Å². The highest BCUT2D eigenvalue weighted by molar-refractivity contribution is 5.95. The van der Waals surface area contributed by atoms with Gasteiger partial charge < -0.3 is 11.1 Å². The van der Waals surface area contributed by atoms with Gasteiger partial charge >= 0.3 is 0 Å². The van der Waals surface area contributed by atoms with Crippen LogP contribution in [0.5, 0.6) is 0 Å². The van der Waals surface area contributed by atoms with E-state index in [1.54, 1.807) is 0 Å². The zero-order chi connectivity index (χ0) is 11.5. The maximum absolute atomic E-state index is 13.4. The van der Waals surface area contributed by atoms with Gasteiger partial charge in [-0.1, -0.05) is 12.2 Å². The fraction of sp³-hybridized carbons (Fsp3) is 0.250. The van der Waals surface area contributed by atoms with Crippen molar-refractivity contribution in [3.05, 3.63) is 41.7 Å². The molecule has 16 heavy (non-hydrogen) atoms. The van der Waals surface area contributed by atoms with Crippen LogP contribution in [0.2, 0.25) is 0 Å². The summed E-state index contributed by atoms with van der Waals surface area (Å²) < 4.78 is 13.4. The highest BCUT2D eigenvalue weighted by Crippen LogP contribution is 2.14. The van der Waals surface area contributed by atoms with E-state index in [0.717, 1.165) is 12.8 Å². The molecule has 3 N–H and O–H groups in total. The van der Waals surface area contributed by atoms with Gasteiger partial charge in [0.25, 0.3) is 5.91 Å². The van der Waals surface area contributed by atoms with Gasteiger partial charge in [-0.2, -0.15) is 0 Å². The Morgan fingerprint density at radius 3 is 2.75 bits per heavy atom. The predicted molar refractivity (Wildman–Crippen MR) is 60.4 cm³/mol. The Balaban J connectivity index is 2.10. The molecule has 0 heterocycles. The molecule has 0 saturated heterocycles. The summed E-state index contributed by atoms with van der Waals surface area (Å²) in [7, 11) is 0. The second-order valence-electron chi connectivity index (χ2n) is 3.85. The highest BCUT2D eigenvalue weighted by Gasteiger charge is 2.17. The molecule has 1 aromatic carbocycles. The third kappa shape index (κ3) is 2.21. The van der Waals surface area contributed by atoms with Gasteiger partial charge in [-0.05, 0) is 31.0 Å². The van der Waals surface area contributed by atoms with Crippen molar-refractivity contribution in [2.24, 2.45) is 0 Å². The number of nitrogens with one attached hydrogen (secondary N) is 1. The SMILES string of the molecule is Nc1ccc(F)c(C(=O)NC2CC=CC2)c1. The van der Waals surface area contributed by atoms with Gasteiger partial charge in [0.15, 0.2) is 0 Å². The van der Waals surface area contributed by atoms with E-state index in [2.05, 4.69) is 5.32 Å². The molecular weight excluding hydrogens is 207 g/mol. The smallest absolute Gasteiger partial charge is 0.254 e. The van der Waals surface area contributed by atoms with Crippen molar-refractivity contribution < 1.29 is 9.18 Å². The third-order valence-electron chi connectivity index (χ3n) is 2.58. The monoisotopic (exact) mass is 220 g/mol. The van der Waals surface area contributed by atoms with Crippen molar-refractivity contribution >= 4 is 11.6 Å². The van der Waals surface area contributed by atoms with Crippen molar-refractivity contribution in [2.75, 3.05) is 5.73 Å². The summed E-state index contributed by atoms with van der Waals surface area (Å²) in [5, 5.41) is 2.77. The van der Waals surface area contributed by atoms with Gasteiger partial charge in [0.2, 0.25) is 0 Å². The van der Waals surface area contributed by atoms with Gasteiger partial charge in [0, 0.05) is 11.7 Å². The van der Waals surface area contributed by atoms with E-state index in [1.807, 2.05) is 12.2 Å². The van der Waals surface area contributed by atoms with Crippen LogP contribution in [0.15, 0.2) is 30.4 Å². The Hall–Kier alpha value is -1.84. The quantitative estimate of drug-likeness (QED) is 0.590. The molecule has 1 aromatic rings. The zero-order valence-electron chi connectivity index (χ0n) is 8.74. The fourth-order valence-corrected chi connectivity index (χ4v) is 1.72. The normalized spacial score (nSPS) is 15.3. The third-order valence-corrected chi connectivity index (χ3v) is 2.58. The number of rotatable bonds is 2. The molecule has 1 aliphatic carbocycles. The Kier molecular flexibility index (Phi) is 2.90. The minimum Gasteiger partial charge on any atom is -0.399 e. The summed E-state index contributed by atoms with van der Waals surface area (Å²) in [4.78, 5) is 11.7. The lowest BCUT2D eigenvalue weighted by Crippen LogP contribution is -2.33. The average Bonchev–Trinajstić information content (AvgIpc) is 2.74. The second-order valence-corrected chi connectivity index (χ2v) is 3.85. The highest BCUT2D eigenvalue weighted by atomic mass is 19.1. The van der Waals surface area contributed by atoms with Crippen LogP contribution in [0.1, 0.15) is 23.2 Å². The van der Waals surface area contributed by atoms with Crippen LogP contribution in [0.4, 0.5) is 10.1 Å². The number of amides is 1. The molecule has 0 bridgehead atoms. The molecule has 3 nitrogen and oxygen atoms in total. The average molecular weight is 220 g/mol. The topological polar surface area (TPSA) is 55.1 Å². The van der Waals surface area contributed by atoms with E-state index >= 15 is 0 Å². The van der Waals surface area contributed by atoms with Gasteiger partial charge in [-0.25, -0.2) is 4.39 Å². The lowest BCUT2D eigenvalue weighted by atomic mass is 10.1. The van der Waals surface area contributed by atoms with E-state index < -0.39 is 11.7 Å². The maximum atomic E-state index is 13.4. The minimum absolute atomic E-state index is 0.00639. The molecule has 4 heteroatoms. The van der Waals surface area contributed by atoms with Crippen molar-refractivity contribution in [1.29, 1.82) is 0 Å². The van der Waals surface area contributed by atoms with E-state index in [-0.39, 0.29) is 11.6 Å². The molecule has 0 atom stereocenters. The van der Waals surface area contributed by atoms with Crippen LogP contribution in [-0.4, -0.2) is 11.9 Å². The molecular formula is C12H13FN2O. The van der Waals surface area contributed by atoms with Crippen LogP contribution < -0.4 is 11.1 Å². The first-order chi connectivity index (χ1) is 7.66. The first-order valence-corrected chi connectivity index (χ1v) is 5.17. The maximum Gasteiger partial charge on any atom is 0.254 e. The fourth-order valence-electron chi connectivity index (χ4n) is 1.72. The van der Waals surface area contributed by atoms with E-state index in [4.69, 9.17) is 5.73 Å². The number of benzene rings is 1. The number of hydrogen-bond donors (Lipinski definition) is 2. The summed E-state index contributed by atoms with van der Waals surface area (Å²) >= 11 is 0. The van der Waals surface area contributed by atoms with E-state index in [9.17, 15) is 9.18 Å². The Morgan fingerprint density at radius 2 is 2.06 bits per heavy atom. The van der Waals surface area contributed by atoms with Crippen LogP contribution in [0.3, 0.4) is 0 Å². The number of nitrogens with two attached hydrogens (primary N) is 1. The summed E-state index contributed by atoms with van der Waals surface area (Å²) in [6, 6.07) is 4.07. The Morgan fingerprint density at radius 1 is 1.38 bits per heavy atom. The Labute approximate surface area is 93.1 Å². The summed E-state index contributed by atoms with van der Waals surface area (Å²) in [6.45, 7) is 0. The summed E-state index contributed by atoms with van der Waals surface area (Å²) in [5.74, 6) is -0.948. The number of halogens is 1. The molecule has 0 fully saturated rings. The first-order valence-electron chi connectivity index (χ1n) is 5.17. The van der Waals surface area contributed by atoms with Gasteiger partial charge in [-0.15, -0.1) is 0 Å². The van der Waals surface area contributed by atoms with Crippen LogP contribution in [0, 0.1) is 5.82 Å². The van der Waals surface area contributed by atoms with Crippen molar-refractivity contribution in [3.63, 3.8) is 0 Å². The number of anilines is 1. The van der Waals surface area contributed by atoms with E-state index in [1.165, 1.54) is 18.2 Å². The number of carbonyl (C=O) groups is 1. The number of nitrogen functional groups attached to an aromatic ring is 1. The van der Waals surface area contributed by atoms with Gasteiger partial charge in [0.1, 0.15) is 5.82 Å². The first kappa shape index (κ1) is 10.7. The molecule has 1 amide bonds. The minimum atomic E-state index is -0.544. The standard InChI is InChI=1S/C12H13FN2O/c13-11-6-5-8(14)7-10(11)12(16)15-9-3-1-2-4-9/h1-2,5-7,9H,3-4,14H2,(H,15,16). The molecule has 2 rings (SSSR count). The van der Waals surface area contributed by atoms with E-state index in [0.29, 0.717) is 5.69 Å². The van der Waals surface area contributed by atoms with Crippen molar-refractivity contribution in [1.82, 2.24) is 5.32 Å². The molecule has 84 valence electrons. The van der Waals surface area contributed by atoms with Crippen LogP contribution >= 0.6 is 0 Å². The zero-order valence-corrected chi connectivity index (χ0v) is 8.74. The molecule has 0 saturated carbocycles. The number of carbonyl (C=O) groups excluding carboxylic acids is 1. The molecule has 0 spiro atoms. The predicted octanol–water partition coefficient (Wildman–Crippen LogP) is 1.86. The molecule has 0 aromatic heterocycles. The molecule has 0 unspecified atom stereocenters. The van der Waals surface area contributed by atoms with Gasteiger partial charge in [-0.3, -0.25) is 4.79 Å². The van der Waals surface area contributed by atoms with Gasteiger partial charge in [0.05, 0.1) is 5.56 Å². The molecule has 1 aliphatic rings. The summed E-state index contributed by atoms with van der Waals surface area (Å²) in [6.07, 6.45) is 5.60. The Bertz CT molecular complexity index is 435. The summed E-state index contributed by atoms with van der Waals surface area (Å²) in [5.41, 5.74) is 5.91. The van der Waals surface area contributed by atoms with Crippen molar-refractivity contribution in [2.45, 2.75) is 18.9 Å². The second kappa shape index (κ2) is 4.35. The lowest BCUT2D eigenvalue weighted by molar-refractivity contribution is 0.0935. The number of hydrogen-bond acceptors (Lipinski definition) is 2.